The molecule has 0 N–H and O–H groups in total. The lowest BCUT2D eigenvalue weighted by molar-refractivity contribution is 0.843. The van der Waals surface area contributed by atoms with Gasteiger partial charge >= 0.3 is 0 Å². The summed E-state index contributed by atoms with van der Waals surface area (Å²) in [6.45, 7) is 4.93. The molecule has 0 amide bonds. The lowest BCUT2D eigenvalue weighted by Crippen LogP contribution is -2.36. The van der Waals surface area contributed by atoms with Gasteiger partial charge in [-0.1, -0.05) is 38.0 Å². The van der Waals surface area contributed by atoms with Crippen LogP contribution in [0.2, 0.25) is 25.2 Å². The van der Waals surface area contributed by atoms with Crippen molar-refractivity contribution in [3.8, 4) is 0 Å². The maximum Gasteiger partial charge on any atom is 0.0385 e. The fourth-order valence-electron chi connectivity index (χ4n) is 1.59. The predicted octanol–water partition coefficient (Wildman–Crippen LogP) is 4.35. The summed E-state index contributed by atoms with van der Waals surface area (Å²) in [5, 5.41) is 0. The minimum absolute atomic E-state index is 0.832. The van der Waals surface area contributed by atoms with Crippen LogP contribution in [-0.2, 0) is 0 Å². The monoisotopic (exact) mass is 268 g/mol. The molecule has 0 spiro atoms. The maximum atomic E-state index is 5.70. The number of rotatable bonds is 9. The summed E-state index contributed by atoms with van der Waals surface area (Å²) < 4.78 is 0. The summed E-state index contributed by atoms with van der Waals surface area (Å²) in [7, 11) is 0.290. The highest BCUT2D eigenvalue weighted by molar-refractivity contribution is 7.23. The zero-order valence-electron chi connectivity index (χ0n) is 9.41. The summed E-state index contributed by atoms with van der Waals surface area (Å²) in [4.78, 5) is 0. The number of hydrogen-bond donors (Lipinski definition) is 0. The molecule has 4 heteroatoms. The molecule has 0 aromatic heterocycles. The topological polar surface area (TPSA) is 0 Å². The first kappa shape index (κ1) is 15.0. The smallest absolute Gasteiger partial charge is 0.0385 e. The van der Waals surface area contributed by atoms with Gasteiger partial charge in [-0.25, -0.2) is 0 Å². The summed E-state index contributed by atoms with van der Waals surface area (Å²) in [5.74, 6) is 1.66. The van der Waals surface area contributed by atoms with Gasteiger partial charge in [0.15, 0.2) is 0 Å². The van der Waals surface area contributed by atoms with Crippen LogP contribution in [0.5, 0.6) is 0 Å². The van der Waals surface area contributed by atoms with E-state index in [9.17, 15) is 0 Å². The van der Waals surface area contributed by atoms with E-state index in [2.05, 4.69) is 13.1 Å². The van der Waals surface area contributed by atoms with Gasteiger partial charge in [0.2, 0.25) is 0 Å². The fourth-order valence-corrected chi connectivity index (χ4v) is 7.34. The van der Waals surface area contributed by atoms with Gasteiger partial charge in [-0.15, -0.1) is 23.2 Å². The van der Waals surface area contributed by atoms with Crippen molar-refractivity contribution in [1.29, 1.82) is 0 Å². The number of halogens is 2. The van der Waals surface area contributed by atoms with Gasteiger partial charge in [0.1, 0.15) is 0 Å². The van der Waals surface area contributed by atoms with Crippen molar-refractivity contribution in [1.82, 2.24) is 0 Å². The van der Waals surface area contributed by atoms with E-state index in [1.165, 1.54) is 46.8 Å². The third kappa shape index (κ3) is 7.32. The summed E-state index contributed by atoms with van der Waals surface area (Å²) in [6.07, 6.45) is 5.08. The molecular formula is C10H22Cl2Si2. The molecule has 0 aromatic rings. The normalized spacial score (nSPS) is 12.0. The van der Waals surface area contributed by atoms with E-state index in [1.807, 2.05) is 0 Å². The molecular weight excluding hydrogens is 247 g/mol. The van der Waals surface area contributed by atoms with Crippen molar-refractivity contribution in [3.63, 3.8) is 0 Å². The molecule has 0 heterocycles. The molecule has 0 rings (SSSR count). The quantitative estimate of drug-likeness (QED) is 0.331. The predicted molar refractivity (Wildman–Crippen MR) is 72.8 cm³/mol. The molecule has 0 nitrogen and oxygen atoms in total. The Bertz CT molecular complexity index is 121. The molecule has 0 aromatic carbocycles. The molecule has 0 saturated heterocycles. The Morgan fingerprint density at radius 2 is 1.36 bits per heavy atom. The van der Waals surface area contributed by atoms with E-state index in [0.29, 0.717) is 0 Å². The van der Waals surface area contributed by atoms with Gasteiger partial charge < -0.3 is 0 Å². The van der Waals surface area contributed by atoms with Crippen molar-refractivity contribution in [2.24, 2.45) is 0 Å². The van der Waals surface area contributed by atoms with Gasteiger partial charge in [0.25, 0.3) is 0 Å². The largest absolute Gasteiger partial charge is 0.127 e. The molecule has 0 aliphatic heterocycles. The third-order valence-electron chi connectivity index (χ3n) is 2.83. The first-order chi connectivity index (χ1) is 6.68. The Balaban J connectivity index is 3.67. The zero-order valence-corrected chi connectivity index (χ0v) is 12.9. The molecule has 0 saturated carbocycles. The van der Waals surface area contributed by atoms with Crippen molar-refractivity contribution in [2.45, 2.75) is 50.9 Å². The highest BCUT2D eigenvalue weighted by Gasteiger charge is 2.23. The molecule has 0 unspecified atom stereocenters. The average molecular weight is 269 g/mol. The average Bonchev–Trinajstić information content (AvgIpc) is 2.19. The maximum absolute atomic E-state index is 5.70. The van der Waals surface area contributed by atoms with Crippen molar-refractivity contribution in [2.75, 3.05) is 11.8 Å². The molecule has 0 aliphatic carbocycles. The van der Waals surface area contributed by atoms with Crippen molar-refractivity contribution in [3.05, 3.63) is 0 Å². The minimum atomic E-state index is -0.887. The molecule has 0 fully saturated rings. The number of hydrogen-bond acceptors (Lipinski definition) is 0. The van der Waals surface area contributed by atoms with Crippen LogP contribution in [-0.4, -0.2) is 28.4 Å². The highest BCUT2D eigenvalue weighted by atomic mass is 35.5. The van der Waals surface area contributed by atoms with E-state index < -0.39 is 7.59 Å². The van der Waals surface area contributed by atoms with Crippen LogP contribution in [0, 0.1) is 0 Å². The van der Waals surface area contributed by atoms with Gasteiger partial charge in [-0.3, -0.25) is 0 Å². The van der Waals surface area contributed by atoms with Crippen LogP contribution in [0.15, 0.2) is 0 Å². The van der Waals surface area contributed by atoms with E-state index in [4.69, 9.17) is 23.2 Å². The Hall–Kier alpha value is 1.01. The second-order valence-electron chi connectivity index (χ2n) is 4.10. The van der Waals surface area contributed by atoms with Gasteiger partial charge in [-0.05, 0) is 12.8 Å². The minimum Gasteiger partial charge on any atom is -0.127 e. The van der Waals surface area contributed by atoms with Gasteiger partial charge in [-0.2, -0.15) is 0 Å². The zero-order chi connectivity index (χ0) is 10.9. The summed E-state index contributed by atoms with van der Waals surface area (Å²) in [5.41, 5.74) is 0. The Morgan fingerprint density at radius 3 is 1.64 bits per heavy atom. The fraction of sp³-hybridized carbons (Fsp3) is 1.00. The molecule has 2 radical (unpaired) electrons. The van der Waals surface area contributed by atoms with Gasteiger partial charge in [0, 0.05) is 28.4 Å². The van der Waals surface area contributed by atoms with Crippen LogP contribution in [0.3, 0.4) is 0 Å². The van der Waals surface area contributed by atoms with Crippen LogP contribution >= 0.6 is 23.2 Å². The lowest BCUT2D eigenvalue weighted by atomic mass is 10.4. The molecule has 0 atom stereocenters. The number of alkyl halides is 2. The lowest BCUT2D eigenvalue weighted by Gasteiger charge is -2.25. The second-order valence-corrected chi connectivity index (χ2v) is 14.6. The second kappa shape index (κ2) is 9.25. The first-order valence-electron chi connectivity index (χ1n) is 5.49. The Labute approximate surface area is 102 Å². The molecule has 0 bridgehead atoms. The number of unbranched alkanes of at least 4 members (excludes halogenated alkanes) is 2. The molecule has 14 heavy (non-hydrogen) atoms. The van der Waals surface area contributed by atoms with E-state index in [-0.39, 0.29) is 0 Å². The van der Waals surface area contributed by atoms with E-state index in [0.717, 1.165) is 11.8 Å². The van der Waals surface area contributed by atoms with Crippen molar-refractivity contribution >= 4 is 39.8 Å². The SMILES string of the molecule is C[Si][Si](C)(CCCCCl)CCCCCl. The van der Waals surface area contributed by atoms with Crippen LogP contribution < -0.4 is 0 Å². The molecule has 0 aliphatic rings. The van der Waals surface area contributed by atoms with Crippen LogP contribution in [0.1, 0.15) is 25.7 Å². The van der Waals surface area contributed by atoms with Crippen molar-refractivity contribution < 1.29 is 0 Å². The first-order valence-corrected chi connectivity index (χ1v) is 12.0. The third-order valence-corrected chi connectivity index (χ3v) is 12.6. The van der Waals surface area contributed by atoms with E-state index in [1.54, 1.807) is 0 Å². The van der Waals surface area contributed by atoms with Crippen LogP contribution in [0.4, 0.5) is 0 Å². The van der Waals surface area contributed by atoms with Gasteiger partial charge in [0.05, 0.1) is 0 Å². The van der Waals surface area contributed by atoms with E-state index >= 15 is 0 Å². The molecule has 84 valence electrons. The Morgan fingerprint density at radius 1 is 0.929 bits per heavy atom. The summed E-state index contributed by atoms with van der Waals surface area (Å²) in [6, 6.07) is 2.94. The Kier molecular flexibility index (Phi) is 9.93. The highest BCUT2D eigenvalue weighted by Crippen LogP contribution is 2.21. The summed E-state index contributed by atoms with van der Waals surface area (Å²) >= 11 is 11.4. The van der Waals surface area contributed by atoms with Crippen LogP contribution in [0.25, 0.3) is 0 Å². The standard InChI is InChI=1S/C10H22Cl2Si2/c1-13-14(2,9-5-3-7-11)10-6-4-8-12/h3-10H2,1-2H3.